The lowest BCUT2D eigenvalue weighted by Crippen LogP contribution is -2.16. The molecule has 0 aliphatic rings. The number of hydrazone groups is 1. The molecular formula is C26H21N3O5. The van der Waals surface area contributed by atoms with E-state index in [0.717, 1.165) is 22.1 Å². The van der Waals surface area contributed by atoms with Crippen molar-refractivity contribution in [1.29, 1.82) is 0 Å². The number of rotatable bonds is 9. The number of nitro groups is 1. The van der Waals surface area contributed by atoms with Gasteiger partial charge >= 0.3 is 5.91 Å². The summed E-state index contributed by atoms with van der Waals surface area (Å²) in [6, 6.07) is 20.8. The van der Waals surface area contributed by atoms with Gasteiger partial charge in [0.25, 0.3) is 5.69 Å². The first-order valence-corrected chi connectivity index (χ1v) is 10.5. The maximum atomic E-state index is 12.3. The second-order valence-corrected chi connectivity index (χ2v) is 7.42. The van der Waals surface area contributed by atoms with Crippen LogP contribution in [-0.2, 0) is 13.0 Å². The van der Waals surface area contributed by atoms with Gasteiger partial charge in [0, 0.05) is 17.5 Å². The van der Waals surface area contributed by atoms with E-state index in [2.05, 4.69) is 17.1 Å². The van der Waals surface area contributed by atoms with Crippen LogP contribution < -0.4 is 10.2 Å². The average Bonchev–Trinajstić information content (AvgIpc) is 3.28. The highest BCUT2D eigenvalue weighted by molar-refractivity contribution is 5.96. The Hall–Kier alpha value is -4.72. The first kappa shape index (κ1) is 22.5. The molecule has 0 atom stereocenters. The number of nitrogens with one attached hydrogen (secondary N) is 1. The number of carbonyl (C=O) groups is 1. The van der Waals surface area contributed by atoms with Crippen molar-refractivity contribution >= 4 is 28.8 Å². The molecule has 8 heteroatoms. The topological polar surface area (TPSA) is 107 Å². The number of amides is 1. The predicted octanol–water partition coefficient (Wildman–Crippen LogP) is 5.41. The van der Waals surface area contributed by atoms with Crippen molar-refractivity contribution in [2.24, 2.45) is 5.10 Å². The fraction of sp³-hybridized carbons (Fsp3) is 0.0769. The van der Waals surface area contributed by atoms with Gasteiger partial charge in [-0.1, -0.05) is 24.3 Å². The van der Waals surface area contributed by atoms with Crippen LogP contribution in [0, 0.1) is 10.1 Å². The number of carbonyl (C=O) groups excluding carboxylic acids is 1. The van der Waals surface area contributed by atoms with Crippen molar-refractivity contribution in [3.05, 3.63) is 118 Å². The third-order valence-electron chi connectivity index (χ3n) is 5.02. The number of nitrogens with zero attached hydrogens (tertiary/aromatic N) is 2. The van der Waals surface area contributed by atoms with Crippen LogP contribution in [0.3, 0.4) is 0 Å². The number of fused-ring (bicyclic) bond motifs is 1. The summed E-state index contributed by atoms with van der Waals surface area (Å²) >= 11 is 0. The summed E-state index contributed by atoms with van der Waals surface area (Å²) in [5.41, 5.74) is 5.61. The summed E-state index contributed by atoms with van der Waals surface area (Å²) in [5, 5.41) is 15.7. The van der Waals surface area contributed by atoms with Crippen LogP contribution in [-0.4, -0.2) is 17.0 Å². The smallest absolute Gasteiger partial charge is 0.307 e. The van der Waals surface area contributed by atoms with Crippen molar-refractivity contribution in [1.82, 2.24) is 5.43 Å². The highest BCUT2D eigenvalue weighted by atomic mass is 16.6. The molecule has 1 heterocycles. The van der Waals surface area contributed by atoms with Gasteiger partial charge in [-0.3, -0.25) is 14.9 Å². The van der Waals surface area contributed by atoms with Crippen molar-refractivity contribution in [3.8, 4) is 5.75 Å². The lowest BCUT2D eigenvalue weighted by Gasteiger charge is -2.11. The average molecular weight is 455 g/mol. The van der Waals surface area contributed by atoms with Crippen LogP contribution in [0.2, 0.25) is 0 Å². The Bertz CT molecular complexity index is 1340. The molecule has 1 N–H and O–H groups in total. The highest BCUT2D eigenvalue weighted by Gasteiger charge is 2.11. The molecule has 0 saturated heterocycles. The molecule has 0 aliphatic carbocycles. The Kier molecular flexibility index (Phi) is 6.78. The van der Waals surface area contributed by atoms with Crippen LogP contribution in [0.1, 0.15) is 27.2 Å². The number of benzene rings is 3. The van der Waals surface area contributed by atoms with Gasteiger partial charge in [-0.25, -0.2) is 5.43 Å². The van der Waals surface area contributed by atoms with Crippen LogP contribution in [0.4, 0.5) is 5.69 Å². The molecule has 0 bridgehead atoms. The third kappa shape index (κ3) is 5.36. The standard InChI is InChI=1S/C26H21N3O5/c1-2-5-20-14-19(10-13-23(20)33-17-18-8-11-22(12-9-18)29(31)32)16-27-28-26(30)25-15-21-6-3-4-7-24(21)34-25/h2-4,6-16H,1,5,17H2,(H,28,30)/b27-16+. The molecule has 0 fully saturated rings. The van der Waals surface area contributed by atoms with E-state index < -0.39 is 10.8 Å². The van der Waals surface area contributed by atoms with E-state index in [9.17, 15) is 14.9 Å². The van der Waals surface area contributed by atoms with Gasteiger partial charge in [0.15, 0.2) is 5.76 Å². The van der Waals surface area contributed by atoms with Gasteiger partial charge in [0.05, 0.1) is 11.1 Å². The number of furan rings is 1. The monoisotopic (exact) mass is 455 g/mol. The minimum atomic E-state index is -0.443. The van der Waals surface area contributed by atoms with Crippen LogP contribution in [0.25, 0.3) is 11.0 Å². The molecule has 0 aliphatic heterocycles. The number of non-ortho nitro benzene ring substituents is 1. The third-order valence-corrected chi connectivity index (χ3v) is 5.02. The van der Waals surface area contributed by atoms with Crippen molar-refractivity contribution in [2.75, 3.05) is 0 Å². The zero-order valence-electron chi connectivity index (χ0n) is 18.1. The zero-order chi connectivity index (χ0) is 23.9. The summed E-state index contributed by atoms with van der Waals surface area (Å²) < 4.78 is 11.5. The Labute approximate surface area is 195 Å². The predicted molar refractivity (Wildman–Crippen MR) is 129 cm³/mol. The normalized spacial score (nSPS) is 10.9. The summed E-state index contributed by atoms with van der Waals surface area (Å²) in [4.78, 5) is 22.7. The van der Waals surface area contributed by atoms with Gasteiger partial charge in [0.2, 0.25) is 0 Å². The van der Waals surface area contributed by atoms with Gasteiger partial charge in [-0.05, 0) is 65.6 Å². The van der Waals surface area contributed by atoms with Gasteiger partial charge < -0.3 is 9.15 Å². The largest absolute Gasteiger partial charge is 0.489 e. The van der Waals surface area contributed by atoms with E-state index in [-0.39, 0.29) is 18.1 Å². The highest BCUT2D eigenvalue weighted by Crippen LogP contribution is 2.23. The van der Waals surface area contributed by atoms with Crippen LogP contribution >= 0.6 is 0 Å². The Morgan fingerprint density at radius 1 is 1.12 bits per heavy atom. The van der Waals surface area contributed by atoms with Crippen molar-refractivity contribution in [3.63, 3.8) is 0 Å². The van der Waals surface area contributed by atoms with Gasteiger partial charge in [0.1, 0.15) is 17.9 Å². The Balaban J connectivity index is 1.40. The second-order valence-electron chi connectivity index (χ2n) is 7.42. The molecule has 0 unspecified atom stereocenters. The van der Waals surface area contributed by atoms with Crippen molar-refractivity contribution in [2.45, 2.75) is 13.0 Å². The molecule has 4 rings (SSSR count). The number of allylic oxidation sites excluding steroid dienone is 1. The molecule has 1 aromatic heterocycles. The van der Waals surface area contributed by atoms with Crippen LogP contribution in [0.15, 0.2) is 95.0 Å². The SMILES string of the molecule is C=CCc1cc(/C=N/NC(=O)c2cc3ccccc3o2)ccc1OCc1ccc([N+](=O)[O-])cc1. The molecule has 0 saturated carbocycles. The summed E-state index contributed by atoms with van der Waals surface area (Å²) in [7, 11) is 0. The summed E-state index contributed by atoms with van der Waals surface area (Å²) in [6.45, 7) is 4.05. The van der Waals surface area contributed by atoms with E-state index in [1.54, 1.807) is 30.3 Å². The quantitative estimate of drug-likeness (QED) is 0.157. The molecule has 4 aromatic rings. The Morgan fingerprint density at radius 2 is 1.91 bits per heavy atom. The number of ether oxygens (including phenoxy) is 1. The molecule has 1 amide bonds. The summed E-state index contributed by atoms with van der Waals surface area (Å²) in [5.74, 6) is 0.407. The van der Waals surface area contributed by atoms with Gasteiger partial charge in [-0.2, -0.15) is 5.10 Å². The lowest BCUT2D eigenvalue weighted by atomic mass is 10.1. The molecule has 0 spiro atoms. The number of hydrogen-bond acceptors (Lipinski definition) is 6. The van der Waals surface area contributed by atoms with Gasteiger partial charge in [-0.15, -0.1) is 6.58 Å². The van der Waals surface area contributed by atoms with Crippen molar-refractivity contribution < 1.29 is 18.9 Å². The molecule has 34 heavy (non-hydrogen) atoms. The molecule has 0 radical (unpaired) electrons. The minimum Gasteiger partial charge on any atom is -0.489 e. The number of para-hydroxylation sites is 1. The first-order chi connectivity index (χ1) is 16.5. The minimum absolute atomic E-state index is 0.0344. The van der Waals surface area contributed by atoms with E-state index in [1.807, 2.05) is 36.4 Å². The molecule has 8 nitrogen and oxygen atoms in total. The second kappa shape index (κ2) is 10.3. The molecular weight excluding hydrogens is 434 g/mol. The van der Waals surface area contributed by atoms with E-state index >= 15 is 0 Å². The zero-order valence-corrected chi connectivity index (χ0v) is 18.1. The van der Waals surface area contributed by atoms with Crippen LogP contribution in [0.5, 0.6) is 5.75 Å². The maximum Gasteiger partial charge on any atom is 0.307 e. The molecule has 3 aromatic carbocycles. The summed E-state index contributed by atoms with van der Waals surface area (Å²) in [6.07, 6.45) is 3.87. The number of hydrogen-bond donors (Lipinski definition) is 1. The van der Waals surface area contributed by atoms with E-state index in [0.29, 0.717) is 17.8 Å². The Morgan fingerprint density at radius 3 is 2.65 bits per heavy atom. The fourth-order valence-electron chi connectivity index (χ4n) is 3.32. The maximum absolute atomic E-state index is 12.3. The van der Waals surface area contributed by atoms with E-state index in [1.165, 1.54) is 18.3 Å². The molecule has 170 valence electrons. The number of nitro benzene ring substituents is 1. The first-order valence-electron chi connectivity index (χ1n) is 10.5. The lowest BCUT2D eigenvalue weighted by molar-refractivity contribution is -0.384. The van der Waals surface area contributed by atoms with E-state index in [4.69, 9.17) is 9.15 Å². The fourth-order valence-corrected chi connectivity index (χ4v) is 3.32.